The number of fused-ring (bicyclic) bond motifs is 1. The maximum atomic E-state index is 11.7. The van der Waals surface area contributed by atoms with Crippen LogP contribution in [0.2, 0.25) is 0 Å². The van der Waals surface area contributed by atoms with Crippen molar-refractivity contribution in [1.29, 1.82) is 0 Å². The first-order valence-corrected chi connectivity index (χ1v) is 7.36. The summed E-state index contributed by atoms with van der Waals surface area (Å²) in [5.74, 6) is -0.0145. The lowest BCUT2D eigenvalue weighted by molar-refractivity contribution is -0.119. The molecule has 0 radical (unpaired) electrons. The number of hydrogen-bond acceptors (Lipinski definition) is 3. The predicted octanol–water partition coefficient (Wildman–Crippen LogP) is 2.41. The largest absolute Gasteiger partial charge is 0.389 e. The van der Waals surface area contributed by atoms with Crippen LogP contribution in [0.5, 0.6) is 0 Å². The average molecular weight is 301 g/mol. The number of carbonyl (C=O) groups excluding carboxylic acids is 1. The second-order valence-corrected chi connectivity index (χ2v) is 5.21. The molecule has 5 heteroatoms. The van der Waals surface area contributed by atoms with Gasteiger partial charge >= 0.3 is 0 Å². The topological polar surface area (TPSA) is 67.2 Å². The summed E-state index contributed by atoms with van der Waals surface area (Å²) in [7, 11) is 0. The van der Waals surface area contributed by atoms with Crippen LogP contribution >= 0.6 is 12.2 Å². The third-order valence-corrected chi connectivity index (χ3v) is 3.42. The molecule has 2 aromatic carbocycles. The molecule has 0 heterocycles. The number of nitrogens with one attached hydrogen (secondary N) is 2. The molecular weight excluding hydrogens is 282 g/mol. The number of anilines is 1. The molecule has 0 aliphatic heterocycles. The van der Waals surface area contributed by atoms with Crippen LogP contribution in [-0.2, 0) is 4.79 Å². The molecule has 110 valence electrons. The van der Waals surface area contributed by atoms with Gasteiger partial charge in [-0.3, -0.25) is 4.79 Å². The Balaban J connectivity index is 2.23. The molecule has 0 bridgehead atoms. The Morgan fingerprint density at radius 3 is 2.57 bits per heavy atom. The van der Waals surface area contributed by atoms with E-state index in [4.69, 9.17) is 18.0 Å². The highest BCUT2D eigenvalue weighted by Crippen LogP contribution is 2.26. The molecule has 0 aromatic heterocycles. The second kappa shape index (κ2) is 7.04. The van der Waals surface area contributed by atoms with E-state index in [0.29, 0.717) is 11.5 Å². The monoisotopic (exact) mass is 301 g/mol. The van der Waals surface area contributed by atoms with E-state index in [0.717, 1.165) is 28.4 Å². The molecule has 0 saturated carbocycles. The Bertz CT molecular complexity index is 670. The van der Waals surface area contributed by atoms with Gasteiger partial charge in [0.1, 0.15) is 4.99 Å². The summed E-state index contributed by atoms with van der Waals surface area (Å²) in [5.41, 5.74) is 7.50. The van der Waals surface area contributed by atoms with Gasteiger partial charge in [0.2, 0.25) is 5.91 Å². The van der Waals surface area contributed by atoms with Gasteiger partial charge < -0.3 is 16.4 Å². The van der Waals surface area contributed by atoms with Crippen molar-refractivity contribution in [2.75, 3.05) is 18.4 Å². The van der Waals surface area contributed by atoms with Crippen LogP contribution < -0.4 is 16.4 Å². The smallest absolute Gasteiger partial charge is 0.239 e. The summed E-state index contributed by atoms with van der Waals surface area (Å²) in [6.07, 6.45) is 0.928. The molecule has 0 fully saturated rings. The minimum atomic E-state index is -0.0145. The van der Waals surface area contributed by atoms with Gasteiger partial charge in [-0.05, 0) is 23.9 Å². The van der Waals surface area contributed by atoms with E-state index in [2.05, 4.69) is 10.6 Å². The van der Waals surface area contributed by atoms with Crippen molar-refractivity contribution in [2.24, 2.45) is 5.73 Å². The fraction of sp³-hybridized carbons (Fsp3) is 0.250. The molecule has 0 saturated heterocycles. The summed E-state index contributed by atoms with van der Waals surface area (Å²) in [5, 5.41) is 8.00. The molecule has 0 aliphatic carbocycles. The summed E-state index contributed by atoms with van der Waals surface area (Å²) < 4.78 is 0. The number of thiocarbonyl (C=S) groups is 1. The summed E-state index contributed by atoms with van der Waals surface area (Å²) >= 11 is 5.08. The van der Waals surface area contributed by atoms with E-state index >= 15 is 0 Å². The second-order valence-electron chi connectivity index (χ2n) is 4.77. The number of rotatable bonds is 6. The van der Waals surface area contributed by atoms with Gasteiger partial charge in [-0.1, -0.05) is 43.4 Å². The van der Waals surface area contributed by atoms with Gasteiger partial charge in [0.25, 0.3) is 0 Å². The van der Waals surface area contributed by atoms with Gasteiger partial charge in [0.05, 0.1) is 6.54 Å². The van der Waals surface area contributed by atoms with E-state index in [1.165, 1.54) is 0 Å². The van der Waals surface area contributed by atoms with Gasteiger partial charge in [0, 0.05) is 23.2 Å². The van der Waals surface area contributed by atoms with Crippen molar-refractivity contribution in [3.63, 3.8) is 0 Å². The highest BCUT2D eigenvalue weighted by atomic mass is 32.1. The molecule has 1 amide bonds. The van der Waals surface area contributed by atoms with E-state index in [9.17, 15) is 4.79 Å². The van der Waals surface area contributed by atoms with Crippen molar-refractivity contribution >= 4 is 39.6 Å². The first-order valence-electron chi connectivity index (χ1n) is 6.95. The molecule has 0 aliphatic rings. The third-order valence-electron chi connectivity index (χ3n) is 3.20. The first-order chi connectivity index (χ1) is 10.1. The van der Waals surface area contributed by atoms with E-state index in [-0.39, 0.29) is 12.5 Å². The highest BCUT2D eigenvalue weighted by Gasteiger charge is 2.08. The van der Waals surface area contributed by atoms with Crippen molar-refractivity contribution in [3.05, 3.63) is 42.0 Å². The maximum absolute atomic E-state index is 11.7. The van der Waals surface area contributed by atoms with Gasteiger partial charge in [0.15, 0.2) is 0 Å². The Morgan fingerprint density at radius 2 is 1.90 bits per heavy atom. The molecule has 0 spiro atoms. The van der Waals surface area contributed by atoms with Crippen LogP contribution in [-0.4, -0.2) is 24.0 Å². The van der Waals surface area contributed by atoms with Crippen molar-refractivity contribution in [2.45, 2.75) is 13.3 Å². The van der Waals surface area contributed by atoms with E-state index < -0.39 is 0 Å². The number of benzene rings is 2. The molecule has 4 N–H and O–H groups in total. The number of carbonyl (C=O) groups is 1. The molecule has 2 aromatic rings. The zero-order chi connectivity index (χ0) is 15.2. The molecule has 2 rings (SSSR count). The average Bonchev–Trinajstić information content (AvgIpc) is 2.50. The Hall–Kier alpha value is -2.14. The molecule has 4 nitrogen and oxygen atoms in total. The SMILES string of the molecule is CCCNC(=O)CNc1ccc(C(N)=S)c2ccccc12. The Labute approximate surface area is 129 Å². The van der Waals surface area contributed by atoms with E-state index in [1.807, 2.05) is 43.3 Å². The zero-order valence-electron chi connectivity index (χ0n) is 12.0. The van der Waals surface area contributed by atoms with E-state index in [1.54, 1.807) is 0 Å². The van der Waals surface area contributed by atoms with Crippen LogP contribution in [0, 0.1) is 0 Å². The number of nitrogens with two attached hydrogens (primary N) is 1. The number of hydrogen-bond donors (Lipinski definition) is 3. The lowest BCUT2D eigenvalue weighted by Crippen LogP contribution is -2.30. The molecule has 0 atom stereocenters. The van der Waals surface area contributed by atoms with Crippen LogP contribution in [0.4, 0.5) is 5.69 Å². The van der Waals surface area contributed by atoms with Crippen LogP contribution in [0.15, 0.2) is 36.4 Å². The fourth-order valence-corrected chi connectivity index (χ4v) is 2.35. The molecular formula is C16H19N3OS. The van der Waals surface area contributed by atoms with Crippen LogP contribution in [0.25, 0.3) is 10.8 Å². The first kappa shape index (κ1) is 15.3. The lowest BCUT2D eigenvalue weighted by atomic mass is 10.0. The normalized spacial score (nSPS) is 10.3. The third kappa shape index (κ3) is 3.70. The van der Waals surface area contributed by atoms with Crippen molar-refractivity contribution < 1.29 is 4.79 Å². The fourth-order valence-electron chi connectivity index (χ4n) is 2.17. The number of amides is 1. The standard InChI is InChI=1S/C16H19N3OS/c1-2-9-18-15(20)10-19-14-8-7-13(16(17)21)11-5-3-4-6-12(11)14/h3-8,19H,2,9-10H2,1H3,(H2,17,21)(H,18,20). The van der Waals surface area contributed by atoms with Gasteiger partial charge in [-0.2, -0.15) is 0 Å². The summed E-state index contributed by atoms with van der Waals surface area (Å²) in [6.45, 7) is 2.97. The minimum Gasteiger partial charge on any atom is -0.389 e. The molecule has 21 heavy (non-hydrogen) atoms. The Morgan fingerprint density at radius 1 is 1.19 bits per heavy atom. The minimum absolute atomic E-state index is 0.0145. The van der Waals surface area contributed by atoms with Crippen molar-refractivity contribution in [3.8, 4) is 0 Å². The van der Waals surface area contributed by atoms with Crippen molar-refractivity contribution in [1.82, 2.24) is 5.32 Å². The predicted molar refractivity (Wildman–Crippen MR) is 91.6 cm³/mol. The summed E-state index contributed by atoms with van der Waals surface area (Å²) in [4.78, 5) is 12.0. The quantitative estimate of drug-likeness (QED) is 0.717. The summed E-state index contributed by atoms with van der Waals surface area (Å²) in [6, 6.07) is 11.7. The Kier molecular flexibility index (Phi) is 5.11. The lowest BCUT2D eigenvalue weighted by Gasteiger charge is -2.12. The van der Waals surface area contributed by atoms with Crippen LogP contribution in [0.3, 0.4) is 0 Å². The maximum Gasteiger partial charge on any atom is 0.239 e. The van der Waals surface area contributed by atoms with Gasteiger partial charge in [-0.25, -0.2) is 0 Å². The van der Waals surface area contributed by atoms with Gasteiger partial charge in [-0.15, -0.1) is 0 Å². The zero-order valence-corrected chi connectivity index (χ0v) is 12.8. The van der Waals surface area contributed by atoms with Crippen LogP contribution in [0.1, 0.15) is 18.9 Å². The highest BCUT2D eigenvalue weighted by molar-refractivity contribution is 7.80. The molecule has 0 unspecified atom stereocenters.